The zero-order valence-corrected chi connectivity index (χ0v) is 12.1. The lowest BCUT2D eigenvalue weighted by atomic mass is 9.83. The molecule has 3 rings (SSSR count). The van der Waals surface area contributed by atoms with Crippen molar-refractivity contribution in [2.75, 3.05) is 13.6 Å². The first-order valence-electron chi connectivity index (χ1n) is 7.95. The van der Waals surface area contributed by atoms with Crippen LogP contribution < -0.4 is 10.6 Å². The molecule has 0 radical (unpaired) electrons. The Morgan fingerprint density at radius 3 is 2.63 bits per heavy atom. The summed E-state index contributed by atoms with van der Waals surface area (Å²) in [6.07, 6.45) is 12.0. The van der Waals surface area contributed by atoms with Gasteiger partial charge in [-0.15, -0.1) is 0 Å². The second-order valence-corrected chi connectivity index (χ2v) is 6.39. The van der Waals surface area contributed by atoms with Gasteiger partial charge >= 0.3 is 0 Å². The normalized spacial score (nSPS) is 30.6. The maximum absolute atomic E-state index is 6.36. The zero-order valence-electron chi connectivity index (χ0n) is 12.1. The Morgan fingerprint density at radius 1 is 1.16 bits per heavy atom. The molecular weight excluding hydrogens is 238 g/mol. The van der Waals surface area contributed by atoms with Crippen molar-refractivity contribution in [2.45, 2.75) is 75.5 Å². The van der Waals surface area contributed by atoms with E-state index in [9.17, 15) is 0 Å². The predicted octanol–water partition coefficient (Wildman–Crippen LogP) is 2.20. The molecule has 1 saturated heterocycles. The molecule has 1 spiro atoms. The first-order valence-corrected chi connectivity index (χ1v) is 7.95. The van der Waals surface area contributed by atoms with Crippen molar-refractivity contribution < 1.29 is 4.74 Å². The van der Waals surface area contributed by atoms with Gasteiger partial charge in [-0.1, -0.05) is 19.3 Å². The minimum Gasteiger partial charge on any atom is -0.370 e. The smallest absolute Gasteiger partial charge is 0.191 e. The first kappa shape index (κ1) is 13.2. The fraction of sp³-hybridized carbons (Fsp3) is 0.933. The lowest BCUT2D eigenvalue weighted by molar-refractivity contribution is -0.0612. The molecule has 2 aliphatic carbocycles. The van der Waals surface area contributed by atoms with Crippen LogP contribution in [-0.4, -0.2) is 37.3 Å². The standard InChI is InChI=1S/C15H27N3O/c1-16-14(18-12-5-6-12)17-11-13-7-10-15(19-13)8-3-2-4-9-15/h12-13H,2-11H2,1H3,(H2,16,17,18). The number of aliphatic imine (C=N–C) groups is 1. The highest BCUT2D eigenvalue weighted by atomic mass is 16.5. The van der Waals surface area contributed by atoms with Gasteiger partial charge < -0.3 is 15.4 Å². The van der Waals surface area contributed by atoms with E-state index in [0.717, 1.165) is 12.5 Å². The summed E-state index contributed by atoms with van der Waals surface area (Å²) >= 11 is 0. The van der Waals surface area contributed by atoms with Gasteiger partial charge in [-0.25, -0.2) is 0 Å². The van der Waals surface area contributed by atoms with Crippen LogP contribution >= 0.6 is 0 Å². The number of guanidine groups is 1. The fourth-order valence-electron chi connectivity index (χ4n) is 3.43. The molecule has 1 aliphatic heterocycles. The maximum Gasteiger partial charge on any atom is 0.191 e. The van der Waals surface area contributed by atoms with Crippen molar-refractivity contribution >= 4 is 5.96 Å². The molecule has 1 unspecified atom stereocenters. The summed E-state index contributed by atoms with van der Waals surface area (Å²) < 4.78 is 6.36. The Bertz CT molecular complexity index is 332. The van der Waals surface area contributed by atoms with Crippen LogP contribution in [0.25, 0.3) is 0 Å². The van der Waals surface area contributed by atoms with Crippen LogP contribution in [-0.2, 0) is 4.74 Å². The Morgan fingerprint density at radius 2 is 1.95 bits per heavy atom. The molecular formula is C15H27N3O. The molecule has 0 aromatic carbocycles. The third-order valence-corrected chi connectivity index (χ3v) is 4.74. The van der Waals surface area contributed by atoms with E-state index in [0.29, 0.717) is 12.1 Å². The highest BCUT2D eigenvalue weighted by Gasteiger charge is 2.40. The lowest BCUT2D eigenvalue weighted by Crippen LogP contribution is -2.42. The Kier molecular flexibility index (Phi) is 3.96. The van der Waals surface area contributed by atoms with Crippen molar-refractivity contribution in [3.05, 3.63) is 0 Å². The van der Waals surface area contributed by atoms with E-state index in [-0.39, 0.29) is 5.60 Å². The van der Waals surface area contributed by atoms with Gasteiger partial charge in [-0.05, 0) is 38.5 Å². The molecule has 4 heteroatoms. The van der Waals surface area contributed by atoms with Gasteiger partial charge in [-0.3, -0.25) is 4.99 Å². The molecule has 19 heavy (non-hydrogen) atoms. The summed E-state index contributed by atoms with van der Waals surface area (Å²) in [6.45, 7) is 0.897. The second-order valence-electron chi connectivity index (χ2n) is 6.39. The maximum atomic E-state index is 6.36. The van der Waals surface area contributed by atoms with Gasteiger partial charge in [0.1, 0.15) is 0 Å². The lowest BCUT2D eigenvalue weighted by Gasteiger charge is -2.33. The van der Waals surface area contributed by atoms with Gasteiger partial charge in [0.05, 0.1) is 11.7 Å². The molecule has 0 aromatic rings. The highest BCUT2D eigenvalue weighted by molar-refractivity contribution is 5.80. The average Bonchev–Trinajstić information content (AvgIpc) is 3.18. The van der Waals surface area contributed by atoms with Crippen LogP contribution in [0, 0.1) is 0 Å². The summed E-state index contributed by atoms with van der Waals surface area (Å²) in [5.41, 5.74) is 0.234. The van der Waals surface area contributed by atoms with E-state index >= 15 is 0 Å². The van der Waals surface area contributed by atoms with Crippen molar-refractivity contribution in [2.24, 2.45) is 4.99 Å². The van der Waals surface area contributed by atoms with Crippen LogP contribution in [0.4, 0.5) is 0 Å². The van der Waals surface area contributed by atoms with Gasteiger partial charge in [-0.2, -0.15) is 0 Å². The fourth-order valence-corrected chi connectivity index (χ4v) is 3.43. The van der Waals surface area contributed by atoms with Gasteiger partial charge in [0.25, 0.3) is 0 Å². The molecule has 3 fully saturated rings. The summed E-state index contributed by atoms with van der Waals surface area (Å²) in [5, 5.41) is 6.84. The number of hydrogen-bond acceptors (Lipinski definition) is 2. The minimum absolute atomic E-state index is 0.234. The molecule has 0 bridgehead atoms. The summed E-state index contributed by atoms with van der Waals surface area (Å²) in [7, 11) is 1.84. The third kappa shape index (κ3) is 3.41. The first-order chi connectivity index (χ1) is 9.30. The van der Waals surface area contributed by atoms with E-state index in [1.54, 1.807) is 0 Å². The predicted molar refractivity (Wildman–Crippen MR) is 77.4 cm³/mol. The number of nitrogens with one attached hydrogen (secondary N) is 2. The minimum atomic E-state index is 0.234. The van der Waals surface area contributed by atoms with Gasteiger partial charge in [0.15, 0.2) is 5.96 Å². The summed E-state index contributed by atoms with van der Waals surface area (Å²) in [5.74, 6) is 0.940. The third-order valence-electron chi connectivity index (χ3n) is 4.74. The van der Waals surface area contributed by atoms with Crippen LogP contribution in [0.15, 0.2) is 4.99 Å². The molecule has 1 atom stereocenters. The topological polar surface area (TPSA) is 45.7 Å². The number of nitrogens with zero attached hydrogens (tertiary/aromatic N) is 1. The van der Waals surface area contributed by atoms with E-state index in [2.05, 4.69) is 15.6 Å². The Balaban J connectivity index is 1.43. The van der Waals surface area contributed by atoms with Crippen molar-refractivity contribution in [3.63, 3.8) is 0 Å². The Labute approximate surface area is 116 Å². The van der Waals surface area contributed by atoms with Gasteiger partial charge in [0.2, 0.25) is 0 Å². The van der Waals surface area contributed by atoms with E-state index in [1.165, 1.54) is 57.8 Å². The molecule has 1 heterocycles. The average molecular weight is 265 g/mol. The van der Waals surface area contributed by atoms with E-state index < -0.39 is 0 Å². The quantitative estimate of drug-likeness (QED) is 0.607. The van der Waals surface area contributed by atoms with Crippen LogP contribution in [0.3, 0.4) is 0 Å². The summed E-state index contributed by atoms with van der Waals surface area (Å²) in [6, 6.07) is 0.653. The molecule has 0 aromatic heterocycles. The van der Waals surface area contributed by atoms with Crippen molar-refractivity contribution in [1.29, 1.82) is 0 Å². The van der Waals surface area contributed by atoms with Gasteiger partial charge in [0, 0.05) is 19.6 Å². The number of ether oxygens (including phenoxy) is 1. The van der Waals surface area contributed by atoms with E-state index in [1.807, 2.05) is 7.05 Å². The van der Waals surface area contributed by atoms with Crippen LogP contribution in [0.5, 0.6) is 0 Å². The monoisotopic (exact) mass is 265 g/mol. The molecule has 2 N–H and O–H groups in total. The summed E-state index contributed by atoms with van der Waals surface area (Å²) in [4.78, 5) is 4.27. The van der Waals surface area contributed by atoms with E-state index in [4.69, 9.17) is 4.74 Å². The van der Waals surface area contributed by atoms with Crippen LogP contribution in [0.2, 0.25) is 0 Å². The molecule has 4 nitrogen and oxygen atoms in total. The number of hydrogen-bond donors (Lipinski definition) is 2. The number of rotatable bonds is 3. The Hall–Kier alpha value is -0.770. The van der Waals surface area contributed by atoms with Crippen molar-refractivity contribution in [3.8, 4) is 0 Å². The molecule has 108 valence electrons. The molecule has 3 aliphatic rings. The van der Waals surface area contributed by atoms with Crippen molar-refractivity contribution in [1.82, 2.24) is 10.6 Å². The zero-order chi connectivity index (χ0) is 13.1. The largest absolute Gasteiger partial charge is 0.370 e. The van der Waals surface area contributed by atoms with Crippen LogP contribution in [0.1, 0.15) is 57.8 Å². The highest BCUT2D eigenvalue weighted by Crippen LogP contribution is 2.41. The molecule has 0 amide bonds. The second kappa shape index (κ2) is 5.70. The molecule has 2 saturated carbocycles. The SMILES string of the molecule is CN=C(NCC1CCC2(CCCCC2)O1)NC1CC1.